The lowest BCUT2D eigenvalue weighted by Crippen LogP contribution is -2.53. The second-order valence-electron chi connectivity index (χ2n) is 14.6. The Morgan fingerprint density at radius 3 is 1.43 bits per heavy atom. The van der Waals surface area contributed by atoms with Gasteiger partial charge in [-0.1, -0.05) is 49.9 Å². The minimum absolute atomic E-state index is 0.0464. The molecule has 2 aromatic rings. The van der Waals surface area contributed by atoms with Crippen LogP contribution in [0.2, 0.25) is 0 Å². The number of nitrogens with one attached hydrogen (secondary N) is 2. The van der Waals surface area contributed by atoms with E-state index in [1.165, 1.54) is 14.1 Å². The Balaban J connectivity index is 0.871. The number of hydrogen-bond acceptors (Lipinski definition) is 10. The Morgan fingerprint density at radius 1 is 0.589 bits per heavy atom. The third-order valence-electron chi connectivity index (χ3n) is 10.8. The van der Waals surface area contributed by atoms with Gasteiger partial charge in [-0.2, -0.15) is 9.97 Å². The van der Waals surface area contributed by atoms with Crippen molar-refractivity contribution in [2.24, 2.45) is 14.1 Å². The first-order valence-corrected chi connectivity index (χ1v) is 19.4. The Kier molecular flexibility index (Phi) is 11.4. The third-order valence-corrected chi connectivity index (χ3v) is 10.8. The van der Waals surface area contributed by atoms with E-state index in [9.17, 15) is 28.8 Å². The van der Waals surface area contributed by atoms with Gasteiger partial charge in [-0.25, -0.2) is 19.6 Å². The summed E-state index contributed by atoms with van der Waals surface area (Å²) in [5.74, 6) is 0.431. The van der Waals surface area contributed by atoms with Crippen LogP contribution in [0, 0.1) is 0 Å². The molecule has 4 heterocycles. The van der Waals surface area contributed by atoms with Crippen LogP contribution in [0.5, 0.6) is 0 Å². The van der Waals surface area contributed by atoms with Gasteiger partial charge in [-0.3, -0.25) is 28.3 Å². The summed E-state index contributed by atoms with van der Waals surface area (Å²) in [6, 6.07) is 14.6. The molecule has 1 saturated carbocycles. The van der Waals surface area contributed by atoms with Gasteiger partial charge < -0.3 is 19.8 Å². The molecule has 0 aromatic heterocycles. The van der Waals surface area contributed by atoms with Crippen LogP contribution in [-0.4, -0.2) is 62.1 Å². The molecule has 1 fully saturated rings. The van der Waals surface area contributed by atoms with E-state index >= 15 is 0 Å². The summed E-state index contributed by atoms with van der Waals surface area (Å²) < 4.78 is 5.65. The molecular weight excluding hydrogens is 717 g/mol. The number of hydrogen-bond donors (Lipinski definition) is 2. The maximum absolute atomic E-state index is 13.0. The van der Waals surface area contributed by atoms with Crippen LogP contribution in [0.4, 0.5) is 0 Å². The lowest BCUT2D eigenvalue weighted by Gasteiger charge is -2.33. The summed E-state index contributed by atoms with van der Waals surface area (Å²) in [7, 11) is 2.78. The Hall–Kier alpha value is -6.06. The van der Waals surface area contributed by atoms with Gasteiger partial charge in [-0.15, -0.1) is 0 Å². The average Bonchev–Trinajstić information content (AvgIpc) is 3.19. The molecule has 292 valence electrons. The van der Waals surface area contributed by atoms with Crippen molar-refractivity contribution in [3.05, 3.63) is 90.2 Å². The summed E-state index contributed by atoms with van der Waals surface area (Å²) in [5.41, 5.74) is 0.914. The monoisotopic (exact) mass is 762 g/mol. The fraction of sp³-hybridized carbons (Fsp3) is 0.450. The highest BCUT2D eigenvalue weighted by Crippen LogP contribution is 2.24. The first-order chi connectivity index (χ1) is 27.1. The molecule has 56 heavy (non-hydrogen) atoms. The van der Waals surface area contributed by atoms with Gasteiger partial charge in [0.15, 0.2) is 23.0 Å². The minimum Gasteiger partial charge on any atom is -0.351 e. The molecule has 0 radical (unpaired) electrons. The first-order valence-electron chi connectivity index (χ1n) is 19.4. The van der Waals surface area contributed by atoms with Crippen LogP contribution >= 0.6 is 0 Å². The van der Waals surface area contributed by atoms with Crippen molar-refractivity contribution in [1.82, 2.24) is 48.8 Å². The molecule has 2 atom stereocenters. The predicted octanol–water partition coefficient (Wildman–Crippen LogP) is 2.87. The third kappa shape index (κ3) is 8.00. The lowest BCUT2D eigenvalue weighted by atomic mass is 9.90. The molecule has 7 rings (SSSR count). The normalized spacial score (nSPS) is 15.8. The van der Waals surface area contributed by atoms with E-state index < -0.39 is 22.5 Å². The van der Waals surface area contributed by atoms with E-state index in [0.717, 1.165) is 58.7 Å². The van der Waals surface area contributed by atoms with Crippen molar-refractivity contribution in [1.29, 1.82) is 0 Å². The lowest BCUT2D eigenvalue weighted by molar-refractivity contribution is -0.125. The maximum Gasteiger partial charge on any atom is 0.352 e. The van der Waals surface area contributed by atoms with E-state index in [4.69, 9.17) is 0 Å². The standard InChI is InChI=1S/C40H46N10O6/c1-47-37(53)33-35(45-39(47)55)49(29-19-11-9-17-27(29)43-33)23-13-3-5-21-31(51)41-25-15-7-8-16-26(25)42-32(52)22-6-4-14-24-50-30-20-12-10-18-28(30)44-34-36(50)46-40(56)48(2)38(34)54/h9-12,17-20,25-26H,3-8,13-16,21-24H2,1-2H3,(H,41,51)(H,42,52)/t25-,26-/m1/s1. The van der Waals surface area contributed by atoms with Crippen molar-refractivity contribution in [2.75, 3.05) is 0 Å². The van der Waals surface area contributed by atoms with Crippen LogP contribution < -0.4 is 33.1 Å². The number of para-hydroxylation sites is 4. The highest BCUT2D eigenvalue weighted by atomic mass is 16.2. The van der Waals surface area contributed by atoms with Crippen molar-refractivity contribution in [2.45, 2.75) is 102 Å². The van der Waals surface area contributed by atoms with Gasteiger partial charge in [-0.05, 0) is 62.8 Å². The zero-order valence-electron chi connectivity index (χ0n) is 31.7. The molecule has 2 aromatic carbocycles. The summed E-state index contributed by atoms with van der Waals surface area (Å²) in [4.78, 5) is 93.7. The van der Waals surface area contributed by atoms with Crippen molar-refractivity contribution >= 4 is 33.9 Å². The fourth-order valence-corrected chi connectivity index (χ4v) is 7.69. The molecule has 2 amide bonds. The molecule has 16 nitrogen and oxygen atoms in total. The number of amides is 2. The van der Waals surface area contributed by atoms with E-state index in [0.29, 0.717) is 62.6 Å². The van der Waals surface area contributed by atoms with Gasteiger partial charge in [0.1, 0.15) is 0 Å². The van der Waals surface area contributed by atoms with E-state index in [2.05, 4.69) is 30.6 Å². The number of nitrogens with zero attached hydrogens (tertiary/aromatic N) is 8. The van der Waals surface area contributed by atoms with Gasteiger partial charge in [0, 0.05) is 52.1 Å². The van der Waals surface area contributed by atoms with Gasteiger partial charge >= 0.3 is 11.4 Å². The van der Waals surface area contributed by atoms with Gasteiger partial charge in [0.05, 0.1) is 22.1 Å². The van der Waals surface area contributed by atoms with Gasteiger partial charge in [0.2, 0.25) is 11.8 Å². The average molecular weight is 763 g/mol. The van der Waals surface area contributed by atoms with E-state index in [1.807, 2.05) is 57.7 Å². The van der Waals surface area contributed by atoms with Crippen LogP contribution in [0.1, 0.15) is 77.0 Å². The number of carbonyl (C=O) groups excluding carboxylic acids is 2. The summed E-state index contributed by atoms with van der Waals surface area (Å²) >= 11 is 0. The van der Waals surface area contributed by atoms with Gasteiger partial charge in [0.25, 0.3) is 11.1 Å². The topological polar surface area (TPSA) is 198 Å². The van der Waals surface area contributed by atoms with E-state index in [1.54, 1.807) is 0 Å². The largest absolute Gasteiger partial charge is 0.352 e. The fourth-order valence-electron chi connectivity index (χ4n) is 7.69. The Morgan fingerprint density at radius 2 is 1.00 bits per heavy atom. The quantitative estimate of drug-likeness (QED) is 0.123. The van der Waals surface area contributed by atoms with Crippen LogP contribution in [0.3, 0.4) is 0 Å². The number of aromatic nitrogens is 8. The Labute approximate surface area is 321 Å². The minimum atomic E-state index is -0.628. The first kappa shape index (κ1) is 38.2. The number of unbranched alkanes of at least 4 members (excludes halogenated alkanes) is 4. The summed E-state index contributed by atoms with van der Waals surface area (Å²) in [6.45, 7) is 1.02. The highest BCUT2D eigenvalue weighted by molar-refractivity contribution is 5.80. The maximum atomic E-state index is 13.0. The predicted molar refractivity (Wildman–Crippen MR) is 211 cm³/mol. The van der Waals surface area contributed by atoms with Crippen molar-refractivity contribution in [3.63, 3.8) is 0 Å². The molecule has 0 saturated heterocycles. The SMILES string of the molecule is Cn1c(=O)nc2n(CCCCCC(=O)N[C@@H]3CCCC[C@H]3NC(=O)CCCCCn3c4nc(=O)n(C)c(=O)c-4nc4ccccc43)c3ccccc3nc-2c1=O. The number of aryl methyl sites for hydroxylation is 2. The second kappa shape index (κ2) is 16.8. The molecule has 0 bridgehead atoms. The number of rotatable bonds is 14. The van der Waals surface area contributed by atoms with E-state index in [-0.39, 0.29) is 46.9 Å². The molecular formula is C40H46N10O6. The number of fused-ring (bicyclic) bond motifs is 4. The summed E-state index contributed by atoms with van der Waals surface area (Å²) in [6.07, 6.45) is 8.51. The molecule has 1 aliphatic carbocycles. The molecule has 4 aliphatic heterocycles. The highest BCUT2D eigenvalue weighted by Gasteiger charge is 2.28. The zero-order chi connectivity index (χ0) is 39.3. The van der Waals surface area contributed by atoms with Crippen LogP contribution in [0.25, 0.3) is 45.1 Å². The van der Waals surface area contributed by atoms with Crippen molar-refractivity contribution in [3.8, 4) is 23.0 Å². The van der Waals surface area contributed by atoms with Crippen LogP contribution in [0.15, 0.2) is 67.7 Å². The molecule has 0 unspecified atom stereocenters. The number of benzene rings is 2. The second-order valence-corrected chi connectivity index (χ2v) is 14.6. The van der Waals surface area contributed by atoms with Crippen molar-refractivity contribution < 1.29 is 9.59 Å². The number of carbonyl (C=O) groups is 2. The zero-order valence-corrected chi connectivity index (χ0v) is 31.7. The Bertz CT molecular complexity index is 2410. The van der Waals surface area contributed by atoms with Crippen LogP contribution in [-0.2, 0) is 36.8 Å². The molecule has 5 aliphatic rings. The summed E-state index contributed by atoms with van der Waals surface area (Å²) in [5, 5.41) is 6.35. The molecule has 0 spiro atoms. The smallest absolute Gasteiger partial charge is 0.351 e. The molecule has 16 heteroatoms. The molecule has 2 N–H and O–H groups in total.